The predicted molar refractivity (Wildman–Crippen MR) is 134 cm³/mol. The largest absolute Gasteiger partial charge is 0.458 e. The number of fused-ring (bicyclic) bond motifs is 7. The van der Waals surface area contributed by atoms with Crippen LogP contribution >= 0.6 is 0 Å². The van der Waals surface area contributed by atoms with Crippen LogP contribution in [0.5, 0.6) is 0 Å². The Labute approximate surface area is 228 Å². The summed E-state index contributed by atoms with van der Waals surface area (Å²) in [6, 6.07) is 0. The third-order valence-corrected chi connectivity index (χ3v) is 12.5. The van der Waals surface area contributed by atoms with Crippen LogP contribution in [0.1, 0.15) is 72.1 Å². The van der Waals surface area contributed by atoms with Crippen molar-refractivity contribution < 1.29 is 49.3 Å². The van der Waals surface area contributed by atoms with E-state index >= 15 is 0 Å². The highest BCUT2D eigenvalue weighted by Gasteiger charge is 2.76. The van der Waals surface area contributed by atoms with Crippen LogP contribution < -0.4 is 0 Å². The van der Waals surface area contributed by atoms with E-state index in [1.165, 1.54) is 6.08 Å². The van der Waals surface area contributed by atoms with Crippen LogP contribution in [-0.2, 0) is 23.7 Å². The number of rotatable bonds is 1. The Kier molecular flexibility index (Phi) is 5.66. The first-order valence-corrected chi connectivity index (χ1v) is 14.7. The molecule has 10 heteroatoms. The van der Waals surface area contributed by atoms with Crippen molar-refractivity contribution in [2.24, 2.45) is 28.6 Å². The predicted octanol–water partition coefficient (Wildman–Crippen LogP) is 0.907. The molecule has 14 atom stereocenters. The smallest absolute Gasteiger partial charge is 0.331 e. The lowest BCUT2D eigenvalue weighted by Crippen LogP contribution is -2.71. The summed E-state index contributed by atoms with van der Waals surface area (Å²) in [5.74, 6) is -2.37. The fraction of sp³-hybridized carbons (Fsp3) is 0.897. The fourth-order valence-corrected chi connectivity index (χ4v) is 10.3. The van der Waals surface area contributed by atoms with Crippen LogP contribution in [0, 0.1) is 28.6 Å². The summed E-state index contributed by atoms with van der Waals surface area (Å²) in [4.78, 5) is 11.9. The van der Waals surface area contributed by atoms with Crippen molar-refractivity contribution in [3.05, 3.63) is 11.6 Å². The van der Waals surface area contributed by atoms with Crippen molar-refractivity contribution in [2.45, 2.75) is 126 Å². The molecule has 0 aromatic carbocycles. The van der Waals surface area contributed by atoms with Crippen molar-refractivity contribution in [1.29, 1.82) is 0 Å². The molecule has 5 N–H and O–H groups in total. The Morgan fingerprint density at radius 2 is 1.69 bits per heavy atom. The molecule has 0 amide bonds. The van der Waals surface area contributed by atoms with Crippen molar-refractivity contribution >= 4 is 5.97 Å². The molecule has 218 valence electrons. The van der Waals surface area contributed by atoms with Crippen molar-refractivity contribution in [3.8, 4) is 0 Å². The normalized spacial score (nSPS) is 60.3. The van der Waals surface area contributed by atoms with E-state index in [9.17, 15) is 30.3 Å². The van der Waals surface area contributed by atoms with Gasteiger partial charge < -0.3 is 44.5 Å². The first-order valence-electron chi connectivity index (χ1n) is 14.7. The average Bonchev–Trinajstić information content (AvgIpc) is 3.37. The summed E-state index contributed by atoms with van der Waals surface area (Å²) in [6.07, 6.45) is 1.29. The minimum Gasteiger partial charge on any atom is -0.458 e. The molecule has 0 unspecified atom stereocenters. The molecule has 0 bridgehead atoms. The van der Waals surface area contributed by atoms with Crippen molar-refractivity contribution in [3.63, 3.8) is 0 Å². The molecule has 6 fully saturated rings. The van der Waals surface area contributed by atoms with E-state index < -0.39 is 53.0 Å². The number of ether oxygens (including phenoxy) is 4. The molecule has 4 saturated carbocycles. The molecule has 0 aromatic rings. The molecular formula is C29H42O10. The Hall–Kier alpha value is -1.11. The molecule has 0 spiro atoms. The van der Waals surface area contributed by atoms with Gasteiger partial charge in [0.05, 0.1) is 24.4 Å². The Morgan fingerprint density at radius 1 is 0.923 bits per heavy atom. The SMILES string of the molecule is C[C@@H]1C[C@@H](O)[C@]2(O)O[C@@H]3C[C@@]4(C)[C@H](CC[C@@H]5[C@@H]4CC[C@@]4(C)[C@]5(O)[C@H](O)C[C@]4(O)C4=CC(=O)OC4)C[C@H]3O[C@@H]2O1. The van der Waals surface area contributed by atoms with Gasteiger partial charge in [-0.3, -0.25) is 0 Å². The third-order valence-electron chi connectivity index (χ3n) is 12.5. The Balaban J connectivity index is 1.19. The summed E-state index contributed by atoms with van der Waals surface area (Å²) in [6.45, 7) is 5.89. The van der Waals surface area contributed by atoms with E-state index in [0.717, 1.165) is 19.3 Å². The number of esters is 1. The van der Waals surface area contributed by atoms with E-state index in [2.05, 4.69) is 6.92 Å². The van der Waals surface area contributed by atoms with Crippen molar-refractivity contribution in [2.75, 3.05) is 6.61 Å². The van der Waals surface area contributed by atoms with Gasteiger partial charge in [-0.25, -0.2) is 4.79 Å². The molecular weight excluding hydrogens is 508 g/mol. The molecule has 10 nitrogen and oxygen atoms in total. The van der Waals surface area contributed by atoms with Gasteiger partial charge in [-0.1, -0.05) is 13.8 Å². The highest BCUT2D eigenvalue weighted by molar-refractivity contribution is 5.86. The second-order valence-electron chi connectivity index (χ2n) is 14.1. The van der Waals surface area contributed by atoms with Gasteiger partial charge >= 0.3 is 5.97 Å². The molecule has 0 radical (unpaired) electrons. The summed E-state index contributed by atoms with van der Waals surface area (Å²) in [7, 11) is 0. The van der Waals surface area contributed by atoms with Crippen molar-refractivity contribution in [1.82, 2.24) is 0 Å². The summed E-state index contributed by atoms with van der Waals surface area (Å²) in [5, 5.41) is 57.9. The number of aliphatic hydroxyl groups is 5. The molecule has 7 aliphatic rings. The molecule has 39 heavy (non-hydrogen) atoms. The van der Waals surface area contributed by atoms with E-state index in [4.69, 9.17) is 18.9 Å². The lowest BCUT2D eigenvalue weighted by molar-refractivity contribution is -0.458. The number of cyclic esters (lactones) is 1. The van der Waals surface area contributed by atoms with Crippen LogP contribution in [0.15, 0.2) is 11.6 Å². The molecule has 3 heterocycles. The maximum absolute atomic E-state index is 12.5. The van der Waals surface area contributed by atoms with Crippen LogP contribution in [0.3, 0.4) is 0 Å². The maximum atomic E-state index is 12.5. The van der Waals surface area contributed by atoms with Gasteiger partial charge in [-0.05, 0) is 68.6 Å². The first-order chi connectivity index (χ1) is 18.3. The lowest BCUT2D eigenvalue weighted by atomic mass is 9.42. The summed E-state index contributed by atoms with van der Waals surface area (Å²) >= 11 is 0. The van der Waals surface area contributed by atoms with E-state index in [1.807, 2.05) is 13.8 Å². The fourth-order valence-electron chi connectivity index (χ4n) is 10.3. The van der Waals surface area contributed by atoms with Gasteiger partial charge in [0.2, 0.25) is 12.1 Å². The standard InChI is InChI=1S/C29H42O10/c1-14-8-21(30)29(35)24(37-14)38-19-9-15-4-5-18-17(25(15,2)11-20(19)39-29)6-7-26(3)27(33,12-22(31)28(18,26)34)16-10-23(32)36-13-16/h10,14-15,17-22,24,30-31,33-35H,4-9,11-13H2,1-3H3/t14-,15-,17+,18-,19-,20-,21-,22-,24+,25+,26-,27+,28-,29+/m1/s1. The zero-order valence-electron chi connectivity index (χ0n) is 22.9. The molecule has 2 saturated heterocycles. The Morgan fingerprint density at radius 3 is 2.41 bits per heavy atom. The topological polar surface area (TPSA) is 155 Å². The van der Waals surface area contributed by atoms with Crippen LogP contribution in [0.25, 0.3) is 0 Å². The highest BCUT2D eigenvalue weighted by atomic mass is 16.8. The van der Waals surface area contributed by atoms with E-state index in [1.54, 1.807) is 0 Å². The van der Waals surface area contributed by atoms with Gasteiger partial charge in [0, 0.05) is 29.9 Å². The van der Waals surface area contributed by atoms with Gasteiger partial charge in [-0.15, -0.1) is 0 Å². The van der Waals surface area contributed by atoms with Crippen LogP contribution in [0.2, 0.25) is 0 Å². The maximum Gasteiger partial charge on any atom is 0.331 e. The average molecular weight is 551 g/mol. The summed E-state index contributed by atoms with van der Waals surface area (Å²) in [5.41, 5.74) is -3.97. The van der Waals surface area contributed by atoms with E-state index in [-0.39, 0.29) is 54.8 Å². The molecule has 3 aliphatic heterocycles. The van der Waals surface area contributed by atoms with Gasteiger partial charge in [0.25, 0.3) is 0 Å². The number of aliphatic hydroxyl groups excluding tert-OH is 2. The Bertz CT molecular complexity index is 1100. The van der Waals surface area contributed by atoms with Gasteiger partial charge in [0.15, 0.2) is 0 Å². The second-order valence-corrected chi connectivity index (χ2v) is 14.1. The quantitative estimate of drug-likeness (QED) is 0.235. The minimum absolute atomic E-state index is 0.0275. The van der Waals surface area contributed by atoms with Gasteiger partial charge in [0.1, 0.15) is 23.9 Å². The minimum atomic E-state index is -1.93. The number of carbonyl (C=O) groups excluding carboxylic acids is 1. The number of hydrogen-bond acceptors (Lipinski definition) is 10. The second kappa shape index (κ2) is 8.25. The highest BCUT2D eigenvalue weighted by Crippen LogP contribution is 2.71. The third kappa shape index (κ3) is 3.23. The monoisotopic (exact) mass is 550 g/mol. The van der Waals surface area contributed by atoms with Gasteiger partial charge in [-0.2, -0.15) is 0 Å². The molecule has 7 rings (SSSR count). The molecule has 4 aliphatic carbocycles. The first kappa shape index (κ1) is 26.8. The number of hydrogen-bond donors (Lipinski definition) is 5. The number of carbonyl (C=O) groups is 1. The molecule has 0 aromatic heterocycles. The summed E-state index contributed by atoms with van der Waals surface area (Å²) < 4.78 is 23.5. The zero-order valence-corrected chi connectivity index (χ0v) is 22.9. The van der Waals surface area contributed by atoms with Crippen LogP contribution in [-0.4, -0.2) is 91.9 Å². The zero-order chi connectivity index (χ0) is 27.8. The van der Waals surface area contributed by atoms with E-state index in [0.29, 0.717) is 24.8 Å². The lowest BCUT2D eigenvalue weighted by Gasteiger charge is -2.66. The van der Waals surface area contributed by atoms with Crippen LogP contribution in [0.4, 0.5) is 0 Å².